The first-order valence-corrected chi connectivity index (χ1v) is 13.4. The predicted molar refractivity (Wildman–Crippen MR) is 145 cm³/mol. The Bertz CT molecular complexity index is 1160. The number of fused-ring (bicyclic) bond motifs is 1. The van der Waals surface area contributed by atoms with E-state index in [4.69, 9.17) is 4.74 Å². The van der Waals surface area contributed by atoms with Crippen LogP contribution in [0.2, 0.25) is 0 Å². The Kier molecular flexibility index (Phi) is 9.00. The van der Waals surface area contributed by atoms with Crippen molar-refractivity contribution in [1.82, 2.24) is 10.2 Å². The summed E-state index contributed by atoms with van der Waals surface area (Å²) in [5.74, 6) is -1.59. The van der Waals surface area contributed by atoms with Crippen LogP contribution in [0, 0.1) is 11.8 Å². The van der Waals surface area contributed by atoms with E-state index in [2.05, 4.69) is 5.32 Å². The summed E-state index contributed by atoms with van der Waals surface area (Å²) in [6.07, 6.45) is 5.89. The second-order valence-electron chi connectivity index (χ2n) is 11.0. The molecule has 2 aromatic carbocycles. The van der Waals surface area contributed by atoms with Crippen molar-refractivity contribution in [3.63, 3.8) is 0 Å². The smallest absolute Gasteiger partial charge is 0.309 e. The highest BCUT2D eigenvalue weighted by Crippen LogP contribution is 2.26. The van der Waals surface area contributed by atoms with Crippen LogP contribution >= 0.6 is 0 Å². The minimum absolute atomic E-state index is 0.0398. The average Bonchev–Trinajstić information content (AvgIpc) is 2.91. The van der Waals surface area contributed by atoms with Crippen molar-refractivity contribution in [1.29, 1.82) is 0 Å². The maximum absolute atomic E-state index is 13.5. The van der Waals surface area contributed by atoms with Crippen molar-refractivity contribution in [3.05, 3.63) is 83.4 Å². The lowest BCUT2D eigenvalue weighted by molar-refractivity contribution is -0.151. The third-order valence-electron chi connectivity index (χ3n) is 7.38. The van der Waals surface area contributed by atoms with Crippen molar-refractivity contribution < 1.29 is 24.2 Å². The highest BCUT2D eigenvalue weighted by atomic mass is 16.5. The highest BCUT2D eigenvalue weighted by molar-refractivity contribution is 5.86. The fourth-order valence-electron chi connectivity index (χ4n) is 5.18. The average molecular weight is 519 g/mol. The second kappa shape index (κ2) is 12.4. The number of allylic oxidation sites excluding steroid dienone is 2. The van der Waals surface area contributed by atoms with E-state index in [1.165, 1.54) is 0 Å². The minimum Gasteiger partial charge on any atom is -0.463 e. The molecule has 38 heavy (non-hydrogen) atoms. The maximum atomic E-state index is 13.5. The summed E-state index contributed by atoms with van der Waals surface area (Å²) in [5.41, 5.74) is 2.49. The molecule has 7 nitrogen and oxygen atoms in total. The summed E-state index contributed by atoms with van der Waals surface area (Å²) >= 11 is 0. The molecule has 0 spiro atoms. The Balaban J connectivity index is 1.49. The largest absolute Gasteiger partial charge is 0.463 e. The van der Waals surface area contributed by atoms with Crippen LogP contribution in [0.3, 0.4) is 0 Å². The molecular formula is C31H38N2O5. The number of rotatable bonds is 5. The fourth-order valence-corrected chi connectivity index (χ4v) is 5.18. The molecule has 3 unspecified atom stereocenters. The van der Waals surface area contributed by atoms with Crippen LogP contribution in [0.4, 0.5) is 0 Å². The Morgan fingerprint density at radius 3 is 2.37 bits per heavy atom. The number of hydrogen-bond donors (Lipinski definition) is 2. The van der Waals surface area contributed by atoms with E-state index in [1.807, 2.05) is 80.6 Å². The van der Waals surface area contributed by atoms with Gasteiger partial charge in [0.05, 0.1) is 30.0 Å². The van der Waals surface area contributed by atoms with E-state index in [1.54, 1.807) is 4.90 Å². The van der Waals surface area contributed by atoms with Crippen molar-refractivity contribution in [2.24, 2.45) is 11.8 Å². The van der Waals surface area contributed by atoms with Crippen LogP contribution in [0.1, 0.15) is 49.8 Å². The van der Waals surface area contributed by atoms with Crippen LogP contribution in [0.5, 0.6) is 0 Å². The molecule has 2 aliphatic rings. The lowest BCUT2D eigenvalue weighted by Gasteiger charge is -2.37. The summed E-state index contributed by atoms with van der Waals surface area (Å²) in [5, 5.41) is 13.0. The van der Waals surface area contributed by atoms with Gasteiger partial charge >= 0.3 is 5.97 Å². The van der Waals surface area contributed by atoms with Gasteiger partial charge in [-0.15, -0.1) is 0 Å². The molecule has 4 rings (SSSR count). The SMILES string of the molecule is CC1(C)COC(=O)C(Cc2ccccc2)CC=CCC(CC(=O)N2Cc3ccccc3CC2CO)C(=O)N1. The molecule has 0 bridgehead atoms. The Hall–Kier alpha value is -3.45. The van der Waals surface area contributed by atoms with Gasteiger partial charge in [-0.05, 0) is 56.2 Å². The molecule has 2 heterocycles. The van der Waals surface area contributed by atoms with E-state index in [0.29, 0.717) is 32.2 Å². The third-order valence-corrected chi connectivity index (χ3v) is 7.38. The summed E-state index contributed by atoms with van der Waals surface area (Å²) in [6.45, 7) is 3.97. The number of esters is 1. The molecule has 2 aromatic rings. The molecule has 2 N–H and O–H groups in total. The zero-order valence-electron chi connectivity index (χ0n) is 22.3. The van der Waals surface area contributed by atoms with E-state index in [-0.39, 0.29) is 49.4 Å². The molecule has 3 atom stereocenters. The Morgan fingerprint density at radius 2 is 1.66 bits per heavy atom. The third kappa shape index (κ3) is 7.10. The second-order valence-corrected chi connectivity index (χ2v) is 11.0. The van der Waals surface area contributed by atoms with Gasteiger partial charge in [-0.1, -0.05) is 66.7 Å². The van der Waals surface area contributed by atoms with Crippen LogP contribution in [0.15, 0.2) is 66.7 Å². The summed E-state index contributed by atoms with van der Waals surface area (Å²) < 4.78 is 5.65. The van der Waals surface area contributed by atoms with Gasteiger partial charge in [0.15, 0.2) is 0 Å². The number of benzene rings is 2. The number of carbonyl (C=O) groups excluding carboxylic acids is 3. The molecule has 0 saturated heterocycles. The number of aliphatic hydroxyl groups excluding tert-OH is 1. The molecule has 0 saturated carbocycles. The van der Waals surface area contributed by atoms with Crippen LogP contribution < -0.4 is 5.32 Å². The normalized spacial score (nSPS) is 23.9. The number of ether oxygens (including phenoxy) is 1. The molecule has 0 fully saturated rings. The number of cyclic esters (lactones) is 1. The molecule has 7 heteroatoms. The van der Waals surface area contributed by atoms with Gasteiger partial charge in [-0.2, -0.15) is 0 Å². The fraction of sp³-hybridized carbons (Fsp3) is 0.452. The van der Waals surface area contributed by atoms with Crippen molar-refractivity contribution >= 4 is 17.8 Å². The zero-order chi connectivity index (χ0) is 27.1. The number of amides is 2. The zero-order valence-corrected chi connectivity index (χ0v) is 22.3. The highest BCUT2D eigenvalue weighted by Gasteiger charge is 2.34. The first-order valence-electron chi connectivity index (χ1n) is 13.4. The molecular weight excluding hydrogens is 480 g/mol. The predicted octanol–water partition coefficient (Wildman–Crippen LogP) is 3.59. The number of nitrogens with zero attached hydrogens (tertiary/aromatic N) is 1. The van der Waals surface area contributed by atoms with E-state index in [0.717, 1.165) is 16.7 Å². The van der Waals surface area contributed by atoms with Crippen molar-refractivity contribution in [2.45, 2.75) is 64.1 Å². The summed E-state index contributed by atoms with van der Waals surface area (Å²) in [6, 6.07) is 17.5. The lowest BCUT2D eigenvalue weighted by Crippen LogP contribution is -2.51. The maximum Gasteiger partial charge on any atom is 0.309 e. The standard InChI is InChI=1S/C31H38N2O5/c1-31(2)21-38-30(37)25(16-22-10-4-3-5-11-22)14-8-7-13-24(29(36)32-31)18-28(35)33-19-26-15-9-6-12-23(26)17-27(33)20-34/h3-12,15,24-25,27,34H,13-14,16-21H2,1-2H3,(H,32,36). The van der Waals surface area contributed by atoms with Gasteiger partial charge < -0.3 is 20.1 Å². The molecule has 0 aliphatic carbocycles. The van der Waals surface area contributed by atoms with Gasteiger partial charge in [0, 0.05) is 13.0 Å². The first-order chi connectivity index (χ1) is 18.3. The molecule has 2 aliphatic heterocycles. The van der Waals surface area contributed by atoms with E-state index < -0.39 is 11.5 Å². The Morgan fingerprint density at radius 1 is 1.00 bits per heavy atom. The topological polar surface area (TPSA) is 95.9 Å². The molecule has 0 radical (unpaired) electrons. The lowest BCUT2D eigenvalue weighted by atomic mass is 9.91. The number of aliphatic hydroxyl groups is 1. The van der Waals surface area contributed by atoms with Gasteiger partial charge in [-0.3, -0.25) is 14.4 Å². The number of nitrogens with one attached hydrogen (secondary N) is 1. The molecule has 0 aromatic heterocycles. The van der Waals surface area contributed by atoms with Gasteiger partial charge in [0.1, 0.15) is 6.61 Å². The van der Waals surface area contributed by atoms with Crippen LogP contribution in [-0.4, -0.2) is 52.6 Å². The summed E-state index contributed by atoms with van der Waals surface area (Å²) in [4.78, 5) is 41.4. The van der Waals surface area contributed by atoms with Crippen LogP contribution in [-0.2, 0) is 38.5 Å². The van der Waals surface area contributed by atoms with Crippen LogP contribution in [0.25, 0.3) is 0 Å². The Labute approximate surface area is 224 Å². The van der Waals surface area contributed by atoms with E-state index >= 15 is 0 Å². The molecule has 202 valence electrons. The number of carbonyl (C=O) groups is 3. The minimum atomic E-state index is -0.786. The summed E-state index contributed by atoms with van der Waals surface area (Å²) in [7, 11) is 0. The van der Waals surface area contributed by atoms with Gasteiger partial charge in [0.2, 0.25) is 11.8 Å². The van der Waals surface area contributed by atoms with Gasteiger partial charge in [-0.25, -0.2) is 0 Å². The van der Waals surface area contributed by atoms with E-state index in [9.17, 15) is 19.5 Å². The quantitative estimate of drug-likeness (QED) is 0.466. The molecule has 2 amide bonds. The first kappa shape index (κ1) is 27.6. The number of hydrogen-bond acceptors (Lipinski definition) is 5. The van der Waals surface area contributed by atoms with Gasteiger partial charge in [0.25, 0.3) is 0 Å². The monoisotopic (exact) mass is 518 g/mol. The van der Waals surface area contributed by atoms with Crippen molar-refractivity contribution in [3.8, 4) is 0 Å². The van der Waals surface area contributed by atoms with Crippen molar-refractivity contribution in [2.75, 3.05) is 13.2 Å².